The summed E-state index contributed by atoms with van der Waals surface area (Å²) in [6, 6.07) is 10.1. The van der Waals surface area contributed by atoms with Gasteiger partial charge < -0.3 is 4.74 Å². The fraction of sp³-hybridized carbons (Fsp3) is 0.458. The van der Waals surface area contributed by atoms with Crippen LogP contribution in [0.4, 0.5) is 0 Å². The number of benzene rings is 1. The first-order chi connectivity index (χ1) is 14.2. The second-order valence-corrected chi connectivity index (χ2v) is 13.2. The molecule has 5 nitrogen and oxygen atoms in total. The predicted octanol–water partition coefficient (Wildman–Crippen LogP) is 5.92. The average Bonchev–Trinajstić information content (AvgIpc) is 2.77. The molecule has 0 radical (unpaired) electrons. The van der Waals surface area contributed by atoms with E-state index < -0.39 is 8.07 Å². The van der Waals surface area contributed by atoms with Crippen molar-refractivity contribution in [2.45, 2.75) is 65.1 Å². The number of rotatable bonds is 7. The smallest absolute Gasteiger partial charge is 0 e. The van der Waals surface area contributed by atoms with E-state index in [1.165, 1.54) is 0 Å². The summed E-state index contributed by atoms with van der Waals surface area (Å²) in [6.07, 6.45) is 0. The van der Waals surface area contributed by atoms with Crippen LogP contribution in [-0.2, 0) is 40.8 Å². The van der Waals surface area contributed by atoms with Crippen LogP contribution >= 0.6 is 0 Å². The number of hydrogen-bond acceptors (Lipinski definition) is 2. The fourth-order valence-electron chi connectivity index (χ4n) is 4.45. The molecule has 0 aliphatic heterocycles. The van der Waals surface area contributed by atoms with Crippen molar-refractivity contribution in [3.05, 3.63) is 66.8 Å². The van der Waals surface area contributed by atoms with Gasteiger partial charge in [0.1, 0.15) is 19.8 Å². The summed E-state index contributed by atoms with van der Waals surface area (Å²) >= 11 is 0. The van der Waals surface area contributed by atoms with Crippen molar-refractivity contribution in [2.75, 3.05) is 7.11 Å². The number of ether oxygens (including phenoxy) is 1. The minimum atomic E-state index is -2.13. The van der Waals surface area contributed by atoms with E-state index in [4.69, 9.17) is 18.7 Å². The molecule has 7 heteroatoms. The monoisotopic (exact) mass is 480 g/mol. The van der Waals surface area contributed by atoms with Crippen molar-refractivity contribution in [1.29, 1.82) is 0 Å². The Bertz CT molecular complexity index is 719. The molecule has 0 bridgehead atoms. The van der Waals surface area contributed by atoms with Gasteiger partial charge in [-0.3, -0.25) is 0 Å². The molecular formula is C24H32CrO5Si. The number of allylic oxidation sites excluding steroid dienone is 3. The van der Waals surface area contributed by atoms with E-state index in [1.54, 1.807) is 7.11 Å². The van der Waals surface area contributed by atoms with Crippen molar-refractivity contribution in [3.8, 4) is 0 Å². The van der Waals surface area contributed by atoms with E-state index in [9.17, 15) is 4.79 Å². The van der Waals surface area contributed by atoms with Crippen LogP contribution in [0.1, 0.15) is 54.0 Å². The third-order valence-electron chi connectivity index (χ3n) is 5.37. The first-order valence-electron chi connectivity index (χ1n) is 9.42. The van der Waals surface area contributed by atoms with Crippen LogP contribution < -0.4 is 0 Å². The molecule has 0 heterocycles. The Hall–Kier alpha value is -1.82. The van der Waals surface area contributed by atoms with E-state index in [-0.39, 0.29) is 17.4 Å². The van der Waals surface area contributed by atoms with Gasteiger partial charge in [0.25, 0.3) is 0 Å². The van der Waals surface area contributed by atoms with Gasteiger partial charge in [-0.15, -0.1) is 0 Å². The molecule has 31 heavy (non-hydrogen) atoms. The quantitative estimate of drug-likeness (QED) is 0.121. The van der Waals surface area contributed by atoms with Gasteiger partial charge in [0.05, 0.1) is 7.11 Å². The molecule has 1 aromatic rings. The van der Waals surface area contributed by atoms with Gasteiger partial charge in [-0.2, -0.15) is 0 Å². The Morgan fingerprint density at radius 2 is 1.23 bits per heavy atom. The molecule has 168 valence electrons. The molecule has 0 N–H and O–H groups in total. The van der Waals surface area contributed by atoms with Crippen molar-refractivity contribution >= 4 is 19.6 Å². The Balaban J connectivity index is -0.000000477. The average molecular weight is 481 g/mol. The number of carbonyl (C=O) groups excluding carboxylic acids is 1. The van der Waals surface area contributed by atoms with Crippen LogP contribution in [0.3, 0.4) is 0 Å². The van der Waals surface area contributed by atoms with Gasteiger partial charge in [0, 0.05) is 28.1 Å². The molecule has 0 aliphatic rings. The number of hydrogen-bond donors (Lipinski definition) is 0. The van der Waals surface area contributed by atoms with E-state index >= 15 is 0 Å². The van der Waals surface area contributed by atoms with Crippen LogP contribution in [-0.4, -0.2) is 21.1 Å². The van der Waals surface area contributed by atoms with E-state index in [0.717, 1.165) is 22.1 Å². The maximum Gasteiger partial charge on any atom is 0 e. The van der Waals surface area contributed by atoms with E-state index in [2.05, 4.69) is 79.6 Å². The van der Waals surface area contributed by atoms with Crippen molar-refractivity contribution in [2.24, 2.45) is 0 Å². The minimum absolute atomic E-state index is 0. The summed E-state index contributed by atoms with van der Waals surface area (Å²) in [7, 11) is -0.456. The largest absolute Gasteiger partial charge is 0 e. The summed E-state index contributed by atoms with van der Waals surface area (Å²) in [5.74, 6) is 3.18. The Kier molecular flexibility index (Phi) is 23.7. The molecule has 0 aromatic heterocycles. The van der Waals surface area contributed by atoms with Crippen LogP contribution in [0.25, 0.3) is 5.57 Å². The molecule has 0 unspecified atom stereocenters. The van der Waals surface area contributed by atoms with Gasteiger partial charge >= 0.3 is 33.9 Å². The van der Waals surface area contributed by atoms with E-state index in [0.29, 0.717) is 16.6 Å². The summed E-state index contributed by atoms with van der Waals surface area (Å²) in [4.78, 5) is 12.3. The molecule has 1 aromatic carbocycles. The van der Waals surface area contributed by atoms with Crippen molar-refractivity contribution in [3.63, 3.8) is 0 Å². The maximum absolute atomic E-state index is 12.3. The summed E-state index contributed by atoms with van der Waals surface area (Å²) in [5.41, 5.74) is 3.30. The molecule has 0 atom stereocenters. The molecule has 0 saturated heterocycles. The SMILES string of the molecule is CO/C(C)=C(/C(=C=O)[Si](C(C)C)(C(C)C)C(C)C)c1ccccc1.[C-]#[O+].[C-]#[O+].[C-]#[O+].[Cr]. The van der Waals surface area contributed by atoms with Gasteiger partial charge in [-0.05, 0) is 29.1 Å². The van der Waals surface area contributed by atoms with Gasteiger partial charge in [-0.1, -0.05) is 71.9 Å². The standard InChI is InChI=1S/C21H32O2Si.3CO.Cr/c1-15(2)24(16(3)4,17(5)6)20(14-22)21(18(7)23-8)19-12-10-9-11-13-19;3*1-2;/h9-13,15-17H,1-8H3;;;;/b21-18+;;;;. The van der Waals surface area contributed by atoms with Gasteiger partial charge in [0.15, 0.2) is 0 Å². The van der Waals surface area contributed by atoms with E-state index in [1.807, 2.05) is 25.1 Å². The first kappa shape index (κ1) is 36.5. The van der Waals surface area contributed by atoms with Crippen LogP contribution in [0.15, 0.2) is 41.3 Å². The third-order valence-corrected chi connectivity index (χ3v) is 12.3. The molecule has 1 rings (SSSR count). The molecule has 0 aliphatic carbocycles. The topological polar surface area (TPSA) is 86.0 Å². The minimum Gasteiger partial charge on any atom is 0 e. The van der Waals surface area contributed by atoms with Crippen LogP contribution in [0, 0.1) is 20.0 Å². The molecule has 0 spiro atoms. The van der Waals surface area contributed by atoms with Crippen LogP contribution in [0.5, 0.6) is 0 Å². The van der Waals surface area contributed by atoms with Gasteiger partial charge in [-0.25, -0.2) is 4.79 Å². The van der Waals surface area contributed by atoms with Crippen molar-refractivity contribution < 1.29 is 40.8 Å². The number of methoxy groups -OCH3 is 1. The summed E-state index contributed by atoms with van der Waals surface area (Å²) in [5, 5.41) is 0.869. The maximum atomic E-state index is 12.3. The third kappa shape index (κ3) is 9.06. The molecular weight excluding hydrogens is 448 g/mol. The van der Waals surface area contributed by atoms with Crippen LogP contribution in [0.2, 0.25) is 16.6 Å². The Morgan fingerprint density at radius 1 is 0.871 bits per heavy atom. The second kappa shape index (κ2) is 20.1. The second-order valence-electron chi connectivity index (χ2n) is 7.38. The molecule has 0 amide bonds. The predicted molar refractivity (Wildman–Crippen MR) is 118 cm³/mol. The fourth-order valence-corrected chi connectivity index (χ4v) is 11.1. The molecule has 0 saturated carbocycles. The Morgan fingerprint density at radius 3 is 1.48 bits per heavy atom. The Labute approximate surface area is 199 Å². The normalized spacial score (nSPS) is 10.4. The zero-order chi connectivity index (χ0) is 24.5. The zero-order valence-electron chi connectivity index (χ0n) is 19.6. The van der Waals surface area contributed by atoms with Gasteiger partial charge in [0.2, 0.25) is 0 Å². The van der Waals surface area contributed by atoms with Crippen molar-refractivity contribution in [1.82, 2.24) is 0 Å². The summed E-state index contributed by atoms with van der Waals surface area (Å²) in [6.45, 7) is 29.0. The summed E-state index contributed by atoms with van der Waals surface area (Å²) < 4.78 is 28.1. The zero-order valence-corrected chi connectivity index (χ0v) is 21.8. The molecule has 0 fully saturated rings. The first-order valence-corrected chi connectivity index (χ1v) is 11.7.